The molecular weight excluding hydrogens is 431 g/mol. The summed E-state index contributed by atoms with van der Waals surface area (Å²) in [6.07, 6.45) is -25.0. The van der Waals surface area contributed by atoms with E-state index in [0.717, 1.165) is 6.07 Å². The Morgan fingerprint density at radius 1 is 0.536 bits per heavy atom. The first-order valence-corrected chi connectivity index (χ1v) is 6.72. The Morgan fingerprint density at radius 3 is 1.18 bits per heavy atom. The highest BCUT2D eigenvalue weighted by molar-refractivity contribution is 5.54. The summed E-state index contributed by atoms with van der Waals surface area (Å²) in [5, 5.41) is 0. The zero-order valence-corrected chi connectivity index (χ0v) is 13.0. The Kier molecular flexibility index (Phi) is 5.54. The lowest BCUT2D eigenvalue weighted by atomic mass is 9.71. The van der Waals surface area contributed by atoms with Gasteiger partial charge in [-0.05, 0) is 23.8 Å². The number of anilines is 2. The fourth-order valence-electron chi connectivity index (χ4n) is 2.43. The van der Waals surface area contributed by atoms with Crippen LogP contribution in [-0.4, -0.2) is 30.4 Å². The predicted octanol–water partition coefficient (Wildman–Crippen LogP) is 5.34. The standard InChI is InChI=1S/C13H9F13N2/c14-9(15,10(16,17)13(24,25)26)8(11(18,19)20,12(21,22)23)4-5-1-6(27)3-7(28)2-5/h1-3H,4,27-28H2. The normalized spacial score (nSPS) is 15.0. The predicted molar refractivity (Wildman–Crippen MR) is 69.5 cm³/mol. The summed E-state index contributed by atoms with van der Waals surface area (Å²) in [7, 11) is 0. The summed E-state index contributed by atoms with van der Waals surface area (Å²) >= 11 is 0. The number of benzene rings is 1. The average molecular weight is 440 g/mol. The Hall–Kier alpha value is -2.09. The van der Waals surface area contributed by atoms with Gasteiger partial charge < -0.3 is 11.5 Å². The zero-order valence-electron chi connectivity index (χ0n) is 13.0. The first-order chi connectivity index (χ1) is 12.1. The highest BCUT2D eigenvalue weighted by Crippen LogP contribution is 2.66. The molecule has 0 heterocycles. The third kappa shape index (κ3) is 3.50. The van der Waals surface area contributed by atoms with Crippen LogP contribution in [0.4, 0.5) is 68.5 Å². The van der Waals surface area contributed by atoms with Crippen molar-refractivity contribution in [2.24, 2.45) is 5.41 Å². The van der Waals surface area contributed by atoms with Crippen molar-refractivity contribution in [2.75, 3.05) is 11.5 Å². The molecule has 28 heavy (non-hydrogen) atoms. The smallest absolute Gasteiger partial charge is 0.399 e. The van der Waals surface area contributed by atoms with Crippen LogP contribution in [0.3, 0.4) is 0 Å². The molecule has 162 valence electrons. The van der Waals surface area contributed by atoms with Gasteiger partial charge in [0.1, 0.15) is 0 Å². The summed E-state index contributed by atoms with van der Waals surface area (Å²) in [6.45, 7) is 0. The summed E-state index contributed by atoms with van der Waals surface area (Å²) in [4.78, 5) is 0. The molecule has 0 radical (unpaired) electrons. The van der Waals surface area contributed by atoms with Crippen molar-refractivity contribution in [3.8, 4) is 0 Å². The average Bonchev–Trinajstić information content (AvgIpc) is 2.39. The van der Waals surface area contributed by atoms with E-state index in [-0.39, 0.29) is 12.1 Å². The minimum absolute atomic E-state index is 0.254. The molecule has 4 N–H and O–H groups in total. The fourth-order valence-corrected chi connectivity index (χ4v) is 2.43. The van der Waals surface area contributed by atoms with Gasteiger partial charge in [0.05, 0.1) is 0 Å². The monoisotopic (exact) mass is 440 g/mol. The number of hydrogen-bond donors (Lipinski definition) is 2. The van der Waals surface area contributed by atoms with Crippen molar-refractivity contribution < 1.29 is 57.1 Å². The number of hydrogen-bond acceptors (Lipinski definition) is 2. The second-order valence-electron chi connectivity index (χ2n) is 5.73. The lowest BCUT2D eigenvalue weighted by Gasteiger charge is -2.45. The molecule has 0 aliphatic heterocycles. The SMILES string of the molecule is Nc1cc(N)cc(CC(C(F)(F)F)(C(F)(F)F)C(F)(F)C(F)(F)C(F)(F)F)c1. The van der Waals surface area contributed by atoms with Crippen LogP contribution in [0.2, 0.25) is 0 Å². The van der Waals surface area contributed by atoms with Gasteiger partial charge in [-0.1, -0.05) is 0 Å². The second-order valence-corrected chi connectivity index (χ2v) is 5.73. The largest absolute Gasteiger partial charge is 0.459 e. The van der Waals surface area contributed by atoms with E-state index in [1.54, 1.807) is 0 Å². The molecule has 1 rings (SSSR count). The molecule has 0 bridgehead atoms. The van der Waals surface area contributed by atoms with Crippen molar-refractivity contribution in [2.45, 2.75) is 36.8 Å². The summed E-state index contributed by atoms with van der Waals surface area (Å²) in [6, 6.07) is 1.28. The number of nitrogen functional groups attached to an aromatic ring is 2. The van der Waals surface area contributed by atoms with E-state index in [1.165, 1.54) is 0 Å². The summed E-state index contributed by atoms with van der Waals surface area (Å²) in [5.41, 5.74) is 0.728. The van der Waals surface area contributed by atoms with Crippen molar-refractivity contribution in [3.63, 3.8) is 0 Å². The van der Waals surface area contributed by atoms with Crippen molar-refractivity contribution in [3.05, 3.63) is 23.8 Å². The first-order valence-electron chi connectivity index (χ1n) is 6.72. The van der Waals surface area contributed by atoms with E-state index in [4.69, 9.17) is 11.5 Å². The second kappa shape index (κ2) is 6.47. The Morgan fingerprint density at radius 2 is 0.893 bits per heavy atom. The molecule has 0 aliphatic rings. The van der Waals surface area contributed by atoms with Crippen LogP contribution in [-0.2, 0) is 6.42 Å². The van der Waals surface area contributed by atoms with E-state index >= 15 is 0 Å². The molecule has 1 aromatic carbocycles. The molecule has 2 nitrogen and oxygen atoms in total. The van der Waals surface area contributed by atoms with Gasteiger partial charge in [-0.3, -0.25) is 0 Å². The highest BCUT2D eigenvalue weighted by Gasteiger charge is 2.91. The maximum atomic E-state index is 13.9. The van der Waals surface area contributed by atoms with Crippen LogP contribution >= 0.6 is 0 Å². The first kappa shape index (κ1) is 23.9. The van der Waals surface area contributed by atoms with Crippen molar-refractivity contribution >= 4 is 11.4 Å². The molecule has 0 aliphatic carbocycles. The maximum absolute atomic E-state index is 13.9. The Labute approximate surface area is 147 Å². The van der Waals surface area contributed by atoms with Gasteiger partial charge in [0.15, 0.2) is 0 Å². The number of rotatable bonds is 4. The van der Waals surface area contributed by atoms with Gasteiger partial charge in [0, 0.05) is 17.8 Å². The number of halogens is 13. The topological polar surface area (TPSA) is 52.0 Å². The molecule has 0 fully saturated rings. The lowest BCUT2D eigenvalue weighted by molar-refractivity contribution is -0.460. The molecular formula is C13H9F13N2. The minimum atomic E-state index is -7.69. The quantitative estimate of drug-likeness (QED) is 0.491. The molecule has 0 unspecified atom stereocenters. The molecule has 0 spiro atoms. The number of alkyl halides is 13. The van der Waals surface area contributed by atoms with Crippen LogP contribution in [0.15, 0.2) is 18.2 Å². The fraction of sp³-hybridized carbons (Fsp3) is 0.538. The molecule has 15 heteroatoms. The molecule has 0 amide bonds. The highest BCUT2D eigenvalue weighted by atomic mass is 19.4. The summed E-state index contributed by atoms with van der Waals surface area (Å²) in [5.74, 6) is -15.4. The van der Waals surface area contributed by atoms with E-state index in [9.17, 15) is 57.1 Å². The van der Waals surface area contributed by atoms with Crippen LogP contribution in [0, 0.1) is 5.41 Å². The van der Waals surface area contributed by atoms with Crippen LogP contribution in [0.25, 0.3) is 0 Å². The number of nitrogens with two attached hydrogens (primary N) is 2. The van der Waals surface area contributed by atoms with Gasteiger partial charge in [-0.25, -0.2) is 0 Å². The molecule has 1 aromatic rings. The van der Waals surface area contributed by atoms with Gasteiger partial charge in [0.25, 0.3) is 0 Å². The van der Waals surface area contributed by atoms with Gasteiger partial charge >= 0.3 is 30.4 Å². The van der Waals surface area contributed by atoms with Crippen LogP contribution in [0.5, 0.6) is 0 Å². The summed E-state index contributed by atoms with van der Waals surface area (Å²) < 4.78 is 170. The molecule has 0 saturated heterocycles. The lowest BCUT2D eigenvalue weighted by Crippen LogP contribution is -2.71. The van der Waals surface area contributed by atoms with Gasteiger partial charge in [0.2, 0.25) is 5.41 Å². The van der Waals surface area contributed by atoms with Crippen LogP contribution in [0.1, 0.15) is 5.56 Å². The van der Waals surface area contributed by atoms with E-state index in [1.807, 2.05) is 0 Å². The van der Waals surface area contributed by atoms with E-state index in [0.29, 0.717) is 0 Å². The van der Waals surface area contributed by atoms with E-state index in [2.05, 4.69) is 0 Å². The van der Waals surface area contributed by atoms with Crippen LogP contribution < -0.4 is 11.5 Å². The Bertz CT molecular complexity index is 680. The van der Waals surface area contributed by atoms with Crippen molar-refractivity contribution in [1.82, 2.24) is 0 Å². The minimum Gasteiger partial charge on any atom is -0.399 e. The third-order valence-electron chi connectivity index (χ3n) is 3.76. The molecule has 0 atom stereocenters. The Balaban J connectivity index is 3.93. The van der Waals surface area contributed by atoms with Crippen molar-refractivity contribution in [1.29, 1.82) is 0 Å². The molecule has 0 aromatic heterocycles. The van der Waals surface area contributed by atoms with Gasteiger partial charge in [-0.2, -0.15) is 57.1 Å². The van der Waals surface area contributed by atoms with E-state index < -0.39 is 59.1 Å². The maximum Gasteiger partial charge on any atom is 0.459 e. The molecule has 0 saturated carbocycles. The zero-order chi connectivity index (χ0) is 22.6. The van der Waals surface area contributed by atoms with Gasteiger partial charge in [-0.15, -0.1) is 0 Å². The third-order valence-corrected chi connectivity index (χ3v) is 3.76.